The van der Waals surface area contributed by atoms with Crippen molar-refractivity contribution in [1.29, 1.82) is 0 Å². The molecule has 4 rings (SSSR count). The molecule has 1 saturated heterocycles. The molecule has 2 N–H and O–H groups in total. The first-order valence-electron chi connectivity index (χ1n) is 15.1. The van der Waals surface area contributed by atoms with Crippen LogP contribution in [0, 0.1) is 5.82 Å². The van der Waals surface area contributed by atoms with E-state index in [0.29, 0.717) is 11.3 Å². The summed E-state index contributed by atoms with van der Waals surface area (Å²) in [4.78, 5) is 36.3. The van der Waals surface area contributed by atoms with Crippen molar-refractivity contribution in [3.05, 3.63) is 47.3 Å². The lowest BCUT2D eigenvalue weighted by atomic mass is 10.1. The van der Waals surface area contributed by atoms with Crippen molar-refractivity contribution >= 4 is 48.5 Å². The summed E-state index contributed by atoms with van der Waals surface area (Å²) < 4.78 is 69.2. The highest BCUT2D eigenvalue weighted by Gasteiger charge is 2.37. The van der Waals surface area contributed by atoms with E-state index < -0.39 is 70.5 Å². The van der Waals surface area contributed by atoms with E-state index in [-0.39, 0.29) is 35.8 Å². The summed E-state index contributed by atoms with van der Waals surface area (Å²) in [5.41, 5.74) is 1.42. The number of nitrogens with zero attached hydrogens (tertiary/aromatic N) is 4. The molecule has 0 spiro atoms. The standard InChI is InChI=1S/C29H38ClFN5O12P/c1-16(2)46-28(38)42-13-44-49(40,45-14-43-29(39)47-17(3)4)15-41-11-21-10-22(37)26(48-21)36-12-32-23-24(34-27(30)35-25(23)36)33-18(5)19-6-8-20(31)9-7-19/h6-9,12,16-18,21-22,26,37H,10-11,13-15H2,1-5H3,(H,33,34,35)/t18-,21+,22-,26-/m1/s1. The molecule has 4 atom stereocenters. The highest BCUT2D eigenvalue weighted by atomic mass is 35.5. The summed E-state index contributed by atoms with van der Waals surface area (Å²) in [6.07, 6.45) is -4.90. The fourth-order valence-corrected chi connectivity index (χ4v) is 5.62. The van der Waals surface area contributed by atoms with Crippen molar-refractivity contribution in [2.75, 3.05) is 31.9 Å². The van der Waals surface area contributed by atoms with Crippen LogP contribution in [0.25, 0.3) is 11.2 Å². The first-order chi connectivity index (χ1) is 23.2. The molecule has 3 heterocycles. The zero-order valence-corrected chi connectivity index (χ0v) is 29.0. The van der Waals surface area contributed by atoms with Crippen molar-refractivity contribution < 1.29 is 61.1 Å². The molecular weight excluding hydrogens is 696 g/mol. The fraction of sp³-hybridized carbons (Fsp3) is 0.552. The first kappa shape index (κ1) is 38.2. The first-order valence-corrected chi connectivity index (χ1v) is 17.2. The molecule has 3 aromatic rings. The molecule has 1 fully saturated rings. The Morgan fingerprint density at radius 1 is 1.06 bits per heavy atom. The van der Waals surface area contributed by atoms with Crippen LogP contribution in [0.4, 0.5) is 19.8 Å². The lowest BCUT2D eigenvalue weighted by molar-refractivity contribution is -0.0605. The number of anilines is 1. The highest BCUT2D eigenvalue weighted by molar-refractivity contribution is 7.53. The second kappa shape index (κ2) is 17.3. The van der Waals surface area contributed by atoms with Crippen LogP contribution >= 0.6 is 19.2 Å². The Morgan fingerprint density at radius 2 is 1.67 bits per heavy atom. The Labute approximate surface area is 285 Å². The van der Waals surface area contributed by atoms with Crippen LogP contribution in [-0.4, -0.2) is 87.9 Å². The van der Waals surface area contributed by atoms with Gasteiger partial charge in [-0.25, -0.2) is 19.0 Å². The number of benzene rings is 1. The van der Waals surface area contributed by atoms with E-state index in [0.717, 1.165) is 5.56 Å². The molecule has 0 amide bonds. The normalized spacial score (nSPS) is 18.5. The molecule has 17 nitrogen and oxygen atoms in total. The van der Waals surface area contributed by atoms with E-state index in [2.05, 4.69) is 20.3 Å². The lowest BCUT2D eigenvalue weighted by Gasteiger charge is -2.20. The molecule has 1 aliphatic heterocycles. The van der Waals surface area contributed by atoms with Gasteiger partial charge in [-0.1, -0.05) is 12.1 Å². The van der Waals surface area contributed by atoms with E-state index in [1.54, 1.807) is 39.8 Å². The molecule has 1 aromatic carbocycles. The third-order valence-electron chi connectivity index (χ3n) is 6.63. The largest absolute Gasteiger partial charge is 0.510 e. The van der Waals surface area contributed by atoms with Crippen molar-refractivity contribution in [3.63, 3.8) is 0 Å². The van der Waals surface area contributed by atoms with Crippen LogP contribution in [-0.2, 0) is 42.0 Å². The third-order valence-corrected chi connectivity index (χ3v) is 8.29. The van der Waals surface area contributed by atoms with E-state index >= 15 is 0 Å². The second-order valence-corrected chi connectivity index (χ2v) is 13.6. The molecule has 49 heavy (non-hydrogen) atoms. The van der Waals surface area contributed by atoms with Gasteiger partial charge in [0.05, 0.1) is 37.3 Å². The van der Waals surface area contributed by atoms with Gasteiger partial charge in [-0.15, -0.1) is 0 Å². The monoisotopic (exact) mass is 733 g/mol. The van der Waals surface area contributed by atoms with Crippen LogP contribution in [0.3, 0.4) is 0 Å². The minimum Gasteiger partial charge on any atom is -0.432 e. The molecule has 0 bridgehead atoms. The van der Waals surface area contributed by atoms with Crippen LogP contribution < -0.4 is 5.32 Å². The highest BCUT2D eigenvalue weighted by Crippen LogP contribution is 2.48. The predicted octanol–water partition coefficient (Wildman–Crippen LogP) is 5.68. The molecule has 2 aromatic heterocycles. The zero-order chi connectivity index (χ0) is 35.7. The summed E-state index contributed by atoms with van der Waals surface area (Å²) in [5, 5.41) is 14.0. The number of carbonyl (C=O) groups is 2. The Kier molecular flexibility index (Phi) is 13.5. The number of nitrogens with one attached hydrogen (secondary N) is 1. The van der Waals surface area contributed by atoms with Crippen molar-refractivity contribution in [2.45, 2.75) is 77.7 Å². The van der Waals surface area contributed by atoms with Gasteiger partial charge in [-0.05, 0) is 63.9 Å². The van der Waals surface area contributed by atoms with Gasteiger partial charge in [0.2, 0.25) is 18.9 Å². The molecule has 1 aliphatic rings. The number of imidazole rings is 1. The second-order valence-electron chi connectivity index (χ2n) is 11.3. The fourth-order valence-electron chi connectivity index (χ4n) is 4.47. The maximum atomic E-state index is 13.4. The number of ether oxygens (including phenoxy) is 6. The third kappa shape index (κ3) is 11.2. The van der Waals surface area contributed by atoms with Crippen LogP contribution in [0.1, 0.15) is 58.9 Å². The topological polar surface area (TPSA) is 201 Å². The number of carbonyl (C=O) groups excluding carboxylic acids is 2. The predicted molar refractivity (Wildman–Crippen MR) is 169 cm³/mol. The molecule has 20 heteroatoms. The number of aromatic nitrogens is 4. The van der Waals surface area contributed by atoms with Crippen LogP contribution in [0.15, 0.2) is 30.6 Å². The van der Waals surface area contributed by atoms with Gasteiger partial charge in [0.25, 0.3) is 0 Å². The summed E-state index contributed by atoms with van der Waals surface area (Å²) in [7, 11) is -4.19. The maximum Gasteiger partial charge on any atom is 0.510 e. The lowest BCUT2D eigenvalue weighted by Crippen LogP contribution is -2.20. The molecule has 0 radical (unpaired) electrons. The van der Waals surface area contributed by atoms with Gasteiger partial charge >= 0.3 is 19.9 Å². The van der Waals surface area contributed by atoms with E-state index in [4.69, 9.17) is 49.1 Å². The minimum absolute atomic E-state index is 0.0888. The van der Waals surface area contributed by atoms with Crippen molar-refractivity contribution in [2.24, 2.45) is 0 Å². The maximum absolute atomic E-state index is 13.4. The van der Waals surface area contributed by atoms with E-state index in [9.17, 15) is 23.7 Å². The average Bonchev–Trinajstić information content (AvgIpc) is 3.59. The smallest absolute Gasteiger partial charge is 0.432 e. The SMILES string of the molecule is CC(C)OC(=O)OCOP(=O)(COC[C@@H]1C[C@@H](O)[C@H](n2cnc3c(N[C@H](C)c4ccc(F)cc4)nc(Cl)nc32)O1)OCOC(=O)OC(C)C. The van der Waals surface area contributed by atoms with Gasteiger partial charge in [-0.3, -0.25) is 18.2 Å². The van der Waals surface area contributed by atoms with Crippen LogP contribution in [0.2, 0.25) is 5.28 Å². The van der Waals surface area contributed by atoms with E-state index in [1.807, 2.05) is 6.92 Å². The Bertz CT molecular complexity index is 1580. The number of fused-ring (bicyclic) bond motifs is 1. The molecule has 0 aliphatic carbocycles. The number of aliphatic hydroxyl groups is 1. The summed E-state index contributed by atoms with van der Waals surface area (Å²) in [6, 6.07) is 5.70. The van der Waals surface area contributed by atoms with Crippen molar-refractivity contribution in [3.8, 4) is 0 Å². The van der Waals surface area contributed by atoms with Crippen molar-refractivity contribution in [1.82, 2.24) is 19.5 Å². The molecule has 270 valence electrons. The Morgan fingerprint density at radius 3 is 2.27 bits per heavy atom. The van der Waals surface area contributed by atoms with Gasteiger partial charge in [0, 0.05) is 6.42 Å². The quantitative estimate of drug-likeness (QED) is 0.0787. The number of rotatable bonds is 16. The molecule has 0 saturated carbocycles. The number of hydrogen-bond donors (Lipinski definition) is 2. The number of hydrogen-bond acceptors (Lipinski definition) is 16. The average molecular weight is 734 g/mol. The van der Waals surface area contributed by atoms with Gasteiger partial charge in [0.1, 0.15) is 18.3 Å². The van der Waals surface area contributed by atoms with Gasteiger partial charge in [0.15, 0.2) is 23.2 Å². The zero-order valence-electron chi connectivity index (χ0n) is 27.3. The van der Waals surface area contributed by atoms with E-state index in [1.165, 1.54) is 23.0 Å². The summed E-state index contributed by atoms with van der Waals surface area (Å²) in [6.45, 7) is 6.47. The number of aliphatic hydroxyl groups excluding tert-OH is 1. The Balaban J connectivity index is 1.37. The summed E-state index contributed by atoms with van der Waals surface area (Å²) >= 11 is 6.24. The molecule has 0 unspecified atom stereocenters. The number of halogens is 2. The van der Waals surface area contributed by atoms with Crippen LogP contribution in [0.5, 0.6) is 0 Å². The van der Waals surface area contributed by atoms with Gasteiger partial charge < -0.3 is 38.8 Å². The Hall–Kier alpha value is -3.64. The summed E-state index contributed by atoms with van der Waals surface area (Å²) in [5.74, 6) is -0.0426. The van der Waals surface area contributed by atoms with Gasteiger partial charge in [-0.2, -0.15) is 9.97 Å². The minimum atomic E-state index is -4.19. The molecular formula is C29H38ClFN5O12P.